The molecule has 0 saturated carbocycles. The second kappa shape index (κ2) is 8.16. The molecule has 30 heavy (non-hydrogen) atoms. The summed E-state index contributed by atoms with van der Waals surface area (Å²) in [5, 5.41) is 0.263. The molecule has 0 spiro atoms. The molecule has 0 bridgehead atoms. The summed E-state index contributed by atoms with van der Waals surface area (Å²) in [6.07, 6.45) is 0. The Bertz CT molecular complexity index is 1220. The highest BCUT2D eigenvalue weighted by Gasteiger charge is 2.29. The van der Waals surface area contributed by atoms with Gasteiger partial charge >= 0.3 is 0 Å². The van der Waals surface area contributed by atoms with Gasteiger partial charge in [0.1, 0.15) is 0 Å². The fourth-order valence-corrected chi connectivity index (χ4v) is 4.18. The predicted molar refractivity (Wildman–Crippen MR) is 108 cm³/mol. The number of hydrogen-bond donors (Lipinski definition) is 1. The zero-order valence-electron chi connectivity index (χ0n) is 15.7. The van der Waals surface area contributed by atoms with Crippen molar-refractivity contribution in [2.24, 2.45) is 0 Å². The normalized spacial score (nSPS) is 11.4. The molecule has 158 valence electrons. The van der Waals surface area contributed by atoms with Gasteiger partial charge in [-0.3, -0.25) is 4.72 Å². The van der Waals surface area contributed by atoms with Crippen LogP contribution in [0.4, 0.5) is 28.9 Å². The summed E-state index contributed by atoms with van der Waals surface area (Å²) in [7, 11) is -1.17. The molecule has 10 heteroatoms. The van der Waals surface area contributed by atoms with Gasteiger partial charge in [0.25, 0.3) is 10.0 Å². The van der Waals surface area contributed by atoms with E-state index in [-0.39, 0.29) is 15.5 Å². The number of nitrogens with one attached hydrogen (secondary N) is 1. The molecule has 1 N–H and O–H groups in total. The maximum Gasteiger partial charge on any atom is 0.262 e. The molecule has 0 atom stereocenters. The van der Waals surface area contributed by atoms with Gasteiger partial charge in [0.2, 0.25) is 0 Å². The van der Waals surface area contributed by atoms with Crippen LogP contribution in [0.3, 0.4) is 0 Å². The van der Waals surface area contributed by atoms with Gasteiger partial charge in [-0.15, -0.1) is 0 Å². The van der Waals surface area contributed by atoms with Crippen LogP contribution in [0.2, 0.25) is 5.02 Å². The van der Waals surface area contributed by atoms with Gasteiger partial charge in [-0.05, 0) is 29.8 Å². The van der Waals surface area contributed by atoms with Crippen LogP contribution in [0, 0.1) is 23.3 Å². The predicted octanol–water partition coefficient (Wildman–Crippen LogP) is 5.43. The van der Waals surface area contributed by atoms with E-state index in [0.29, 0.717) is 5.69 Å². The van der Waals surface area contributed by atoms with Crippen molar-refractivity contribution >= 4 is 33.0 Å². The van der Waals surface area contributed by atoms with E-state index >= 15 is 0 Å². The highest BCUT2D eigenvalue weighted by atomic mass is 35.5. The molecule has 0 amide bonds. The zero-order chi connectivity index (χ0) is 22.2. The van der Waals surface area contributed by atoms with Crippen LogP contribution >= 0.6 is 11.6 Å². The van der Waals surface area contributed by atoms with Crippen LogP contribution in [0.25, 0.3) is 11.1 Å². The maximum atomic E-state index is 14.7. The minimum absolute atomic E-state index is 0.107. The molecular weight excluding hydrogens is 444 g/mol. The maximum absolute atomic E-state index is 14.7. The van der Waals surface area contributed by atoms with Crippen LogP contribution in [0.15, 0.2) is 53.4 Å². The summed E-state index contributed by atoms with van der Waals surface area (Å²) >= 11 is 6.08. The van der Waals surface area contributed by atoms with Crippen molar-refractivity contribution in [2.75, 3.05) is 23.7 Å². The van der Waals surface area contributed by atoms with Gasteiger partial charge in [0.05, 0.1) is 21.3 Å². The Labute approximate surface area is 175 Å². The molecule has 0 heterocycles. The number of sulfonamides is 1. The molecule has 0 aliphatic heterocycles. The van der Waals surface area contributed by atoms with Crippen LogP contribution in [0.1, 0.15) is 0 Å². The van der Waals surface area contributed by atoms with E-state index in [1.54, 1.807) is 25.1 Å². The van der Waals surface area contributed by atoms with Gasteiger partial charge < -0.3 is 4.90 Å². The molecule has 0 unspecified atom stereocenters. The molecule has 0 aliphatic carbocycles. The molecule has 0 saturated heterocycles. The Balaban J connectivity index is 2.28. The van der Waals surface area contributed by atoms with Gasteiger partial charge in [-0.1, -0.05) is 35.9 Å². The van der Waals surface area contributed by atoms with Crippen molar-refractivity contribution < 1.29 is 26.0 Å². The van der Waals surface area contributed by atoms with Crippen molar-refractivity contribution in [1.82, 2.24) is 0 Å². The molecule has 0 aromatic heterocycles. The highest BCUT2D eigenvalue weighted by molar-refractivity contribution is 7.92. The van der Waals surface area contributed by atoms with Crippen LogP contribution in [-0.2, 0) is 10.0 Å². The molecule has 3 rings (SSSR count). The first-order valence-corrected chi connectivity index (χ1v) is 10.3. The lowest BCUT2D eigenvalue weighted by molar-refractivity contribution is 0.413. The third-order valence-electron chi connectivity index (χ3n) is 4.27. The Morgan fingerprint density at radius 2 is 1.47 bits per heavy atom. The van der Waals surface area contributed by atoms with Crippen LogP contribution in [0.5, 0.6) is 0 Å². The van der Waals surface area contributed by atoms with E-state index in [4.69, 9.17) is 11.6 Å². The molecule has 0 radical (unpaired) electrons. The first kappa shape index (κ1) is 21.9. The van der Waals surface area contributed by atoms with Crippen molar-refractivity contribution in [1.29, 1.82) is 0 Å². The Morgan fingerprint density at radius 1 is 0.867 bits per heavy atom. The largest absolute Gasteiger partial charge is 0.376 e. The smallest absolute Gasteiger partial charge is 0.262 e. The van der Waals surface area contributed by atoms with Crippen molar-refractivity contribution in [3.8, 4) is 11.1 Å². The minimum atomic E-state index is -4.43. The van der Waals surface area contributed by atoms with Gasteiger partial charge in [0, 0.05) is 19.7 Å². The summed E-state index contributed by atoms with van der Waals surface area (Å²) in [5.41, 5.74) is -1.58. The number of halogens is 5. The van der Waals surface area contributed by atoms with E-state index in [1.165, 1.54) is 42.5 Å². The number of hydrogen-bond acceptors (Lipinski definition) is 3. The summed E-state index contributed by atoms with van der Waals surface area (Å²) in [6, 6.07) is 10.7. The number of benzene rings is 3. The number of nitrogens with zero attached hydrogens (tertiary/aromatic N) is 1. The monoisotopic (exact) mass is 458 g/mol. The molecule has 3 aromatic carbocycles. The van der Waals surface area contributed by atoms with Gasteiger partial charge in [-0.25, -0.2) is 26.0 Å². The van der Waals surface area contributed by atoms with E-state index in [1.807, 2.05) is 4.72 Å². The second-order valence-electron chi connectivity index (χ2n) is 6.49. The van der Waals surface area contributed by atoms with E-state index in [2.05, 4.69) is 0 Å². The number of rotatable bonds is 5. The van der Waals surface area contributed by atoms with Gasteiger partial charge in [-0.2, -0.15) is 0 Å². The SMILES string of the molecule is CN(C)c1cc(-c2c(F)c(F)c(F)c(F)c2NS(=O)(=O)c2ccccc2)ccc1Cl. The van der Waals surface area contributed by atoms with Crippen molar-refractivity contribution in [3.05, 3.63) is 76.8 Å². The molecule has 3 aromatic rings. The molecule has 0 aliphatic rings. The minimum Gasteiger partial charge on any atom is -0.376 e. The summed E-state index contributed by atoms with van der Waals surface area (Å²) < 4.78 is 84.4. The number of anilines is 2. The quantitative estimate of drug-likeness (QED) is 0.315. The average Bonchev–Trinajstić information content (AvgIpc) is 2.72. The first-order valence-electron chi connectivity index (χ1n) is 8.45. The van der Waals surface area contributed by atoms with Crippen LogP contribution < -0.4 is 9.62 Å². The second-order valence-corrected chi connectivity index (χ2v) is 8.57. The Hall–Kier alpha value is -2.78. The van der Waals surface area contributed by atoms with E-state index in [0.717, 1.165) is 0 Å². The first-order chi connectivity index (χ1) is 14.0. The molecule has 0 fully saturated rings. The third-order valence-corrected chi connectivity index (χ3v) is 5.96. The lowest BCUT2D eigenvalue weighted by atomic mass is 10.0. The summed E-state index contributed by atoms with van der Waals surface area (Å²) in [5.74, 6) is -7.81. The van der Waals surface area contributed by atoms with E-state index < -0.39 is 44.5 Å². The highest BCUT2D eigenvalue weighted by Crippen LogP contribution is 2.40. The van der Waals surface area contributed by atoms with Crippen molar-refractivity contribution in [3.63, 3.8) is 0 Å². The molecular formula is C20H15ClF4N2O2S. The van der Waals surface area contributed by atoms with E-state index in [9.17, 15) is 26.0 Å². The topological polar surface area (TPSA) is 49.4 Å². The fraction of sp³-hybridized carbons (Fsp3) is 0.100. The van der Waals surface area contributed by atoms with Crippen molar-refractivity contribution in [2.45, 2.75) is 4.90 Å². The Morgan fingerprint density at radius 3 is 2.07 bits per heavy atom. The standard InChI is InChI=1S/C20H15ClF4N2O2S/c1-27(2)14-10-11(8-9-13(14)21)15-16(22)17(23)18(24)19(25)20(15)26-30(28,29)12-6-4-3-5-7-12/h3-10,26H,1-2H3. The lowest BCUT2D eigenvalue weighted by Gasteiger charge is -2.19. The summed E-state index contributed by atoms with van der Waals surface area (Å²) in [6.45, 7) is 0. The summed E-state index contributed by atoms with van der Waals surface area (Å²) in [4.78, 5) is 1.29. The molecule has 4 nitrogen and oxygen atoms in total. The van der Waals surface area contributed by atoms with Gasteiger partial charge in [0.15, 0.2) is 23.3 Å². The average molecular weight is 459 g/mol. The zero-order valence-corrected chi connectivity index (χ0v) is 17.3. The van der Waals surface area contributed by atoms with Crippen LogP contribution in [-0.4, -0.2) is 22.5 Å². The third kappa shape index (κ3) is 3.95. The Kier molecular flexibility index (Phi) is 5.96. The lowest BCUT2D eigenvalue weighted by Crippen LogP contribution is -2.17. The fourth-order valence-electron chi connectivity index (χ4n) is 2.80.